The Hall–Kier alpha value is -2.18. The first-order valence-corrected chi connectivity index (χ1v) is 6.42. The second-order valence-corrected chi connectivity index (χ2v) is 5.36. The molecule has 2 amide bonds. The van der Waals surface area contributed by atoms with Crippen molar-refractivity contribution in [2.24, 2.45) is 0 Å². The van der Waals surface area contributed by atoms with E-state index in [1.54, 1.807) is 19.2 Å². The Labute approximate surface area is 118 Å². The maximum atomic E-state index is 11.7. The van der Waals surface area contributed by atoms with E-state index in [0.717, 1.165) is 0 Å². The zero-order valence-electron chi connectivity index (χ0n) is 12.3. The van der Waals surface area contributed by atoms with Crippen LogP contribution in [-0.2, 0) is 4.79 Å². The monoisotopic (exact) mass is 279 g/mol. The summed E-state index contributed by atoms with van der Waals surface area (Å²) in [4.78, 5) is 23.3. The summed E-state index contributed by atoms with van der Waals surface area (Å²) >= 11 is 0. The highest BCUT2D eigenvalue weighted by atomic mass is 16.2. The maximum absolute atomic E-state index is 11.7. The van der Waals surface area contributed by atoms with Gasteiger partial charge in [-0.2, -0.15) is 0 Å². The lowest BCUT2D eigenvalue weighted by atomic mass is 10.1. The Morgan fingerprint density at radius 1 is 1.20 bits per heavy atom. The molecule has 1 rings (SSSR count). The third-order valence-electron chi connectivity index (χ3n) is 2.31. The van der Waals surface area contributed by atoms with Crippen LogP contribution in [0.5, 0.6) is 0 Å². The van der Waals surface area contributed by atoms with Crippen LogP contribution in [-0.4, -0.2) is 41.1 Å². The molecule has 0 saturated heterocycles. The van der Waals surface area contributed by atoms with Gasteiger partial charge in [-0.1, -0.05) is 0 Å². The summed E-state index contributed by atoms with van der Waals surface area (Å²) in [5, 5.41) is 15.9. The smallest absolute Gasteiger partial charge is 0.271 e. The van der Waals surface area contributed by atoms with Gasteiger partial charge in [0.05, 0.1) is 0 Å². The fourth-order valence-electron chi connectivity index (χ4n) is 1.45. The molecule has 0 aromatic carbocycles. The van der Waals surface area contributed by atoms with Crippen molar-refractivity contribution in [2.75, 3.05) is 18.9 Å². The van der Waals surface area contributed by atoms with Gasteiger partial charge in [0.15, 0.2) is 5.69 Å². The topological polar surface area (TPSA) is 96.0 Å². The normalized spacial score (nSPS) is 10.8. The molecule has 0 spiro atoms. The lowest BCUT2D eigenvalue weighted by Crippen LogP contribution is -2.42. The molecule has 7 nitrogen and oxygen atoms in total. The van der Waals surface area contributed by atoms with Gasteiger partial charge in [0, 0.05) is 25.6 Å². The molecule has 0 aliphatic heterocycles. The molecule has 0 bridgehead atoms. The van der Waals surface area contributed by atoms with Crippen molar-refractivity contribution in [3.63, 3.8) is 0 Å². The summed E-state index contributed by atoms with van der Waals surface area (Å²) in [6.45, 7) is 5.98. The highest BCUT2D eigenvalue weighted by molar-refractivity contribution is 5.92. The second kappa shape index (κ2) is 6.83. The fourth-order valence-corrected chi connectivity index (χ4v) is 1.45. The second-order valence-electron chi connectivity index (χ2n) is 5.36. The van der Waals surface area contributed by atoms with Crippen LogP contribution in [0.4, 0.5) is 5.82 Å². The molecule has 0 fully saturated rings. The summed E-state index contributed by atoms with van der Waals surface area (Å²) in [5.41, 5.74) is -0.0459. The molecular formula is C13H21N5O2. The van der Waals surface area contributed by atoms with Crippen molar-refractivity contribution >= 4 is 17.6 Å². The van der Waals surface area contributed by atoms with E-state index in [1.165, 1.54) is 0 Å². The largest absolute Gasteiger partial charge is 0.372 e. The molecule has 0 saturated carbocycles. The van der Waals surface area contributed by atoms with Crippen molar-refractivity contribution in [1.82, 2.24) is 20.8 Å². The number of rotatable bonds is 5. The molecule has 110 valence electrons. The minimum Gasteiger partial charge on any atom is -0.372 e. The number of nitrogens with one attached hydrogen (secondary N) is 3. The molecule has 0 radical (unpaired) electrons. The van der Waals surface area contributed by atoms with Gasteiger partial charge >= 0.3 is 0 Å². The van der Waals surface area contributed by atoms with E-state index >= 15 is 0 Å². The van der Waals surface area contributed by atoms with E-state index in [-0.39, 0.29) is 36.0 Å². The Balaban J connectivity index is 2.38. The maximum Gasteiger partial charge on any atom is 0.271 e. The predicted octanol–water partition coefficient (Wildman–Crippen LogP) is 0.553. The van der Waals surface area contributed by atoms with Crippen LogP contribution in [0.25, 0.3) is 0 Å². The van der Waals surface area contributed by atoms with Crippen molar-refractivity contribution in [3.05, 3.63) is 17.8 Å². The van der Waals surface area contributed by atoms with Crippen LogP contribution in [0.15, 0.2) is 12.1 Å². The molecule has 0 aliphatic carbocycles. The molecular weight excluding hydrogens is 258 g/mol. The first-order valence-electron chi connectivity index (χ1n) is 6.42. The van der Waals surface area contributed by atoms with Crippen LogP contribution in [0.3, 0.4) is 0 Å². The SMILES string of the molecule is CNc1ccc(C(=O)NCCC(=O)NC(C)(C)C)nn1. The van der Waals surface area contributed by atoms with Crippen LogP contribution < -0.4 is 16.0 Å². The molecule has 3 N–H and O–H groups in total. The summed E-state index contributed by atoms with van der Waals surface area (Å²) in [5.74, 6) is 0.143. The Bertz CT molecular complexity index is 465. The summed E-state index contributed by atoms with van der Waals surface area (Å²) in [7, 11) is 1.72. The van der Waals surface area contributed by atoms with Gasteiger partial charge in [-0.05, 0) is 32.9 Å². The number of carbonyl (C=O) groups is 2. The first-order chi connectivity index (χ1) is 9.31. The lowest BCUT2D eigenvalue weighted by molar-refractivity contribution is -0.122. The quantitative estimate of drug-likeness (QED) is 0.731. The number of amides is 2. The lowest BCUT2D eigenvalue weighted by Gasteiger charge is -2.20. The van der Waals surface area contributed by atoms with Crippen LogP contribution in [0, 0.1) is 0 Å². The van der Waals surface area contributed by atoms with Gasteiger partial charge in [-0.25, -0.2) is 0 Å². The van der Waals surface area contributed by atoms with E-state index in [1.807, 2.05) is 20.8 Å². The Morgan fingerprint density at radius 3 is 2.40 bits per heavy atom. The number of nitrogens with zero attached hydrogens (tertiary/aromatic N) is 2. The van der Waals surface area contributed by atoms with Gasteiger partial charge in [-0.15, -0.1) is 10.2 Å². The fraction of sp³-hybridized carbons (Fsp3) is 0.538. The number of carbonyl (C=O) groups excluding carboxylic acids is 2. The van der Waals surface area contributed by atoms with Gasteiger partial charge in [0.2, 0.25) is 5.91 Å². The third-order valence-corrected chi connectivity index (χ3v) is 2.31. The zero-order valence-corrected chi connectivity index (χ0v) is 12.3. The summed E-state index contributed by atoms with van der Waals surface area (Å²) in [6, 6.07) is 3.23. The minimum absolute atomic E-state index is 0.102. The van der Waals surface area contributed by atoms with E-state index in [2.05, 4.69) is 26.1 Å². The van der Waals surface area contributed by atoms with Crippen molar-refractivity contribution in [1.29, 1.82) is 0 Å². The molecule has 20 heavy (non-hydrogen) atoms. The van der Waals surface area contributed by atoms with Crippen molar-refractivity contribution in [3.8, 4) is 0 Å². The van der Waals surface area contributed by atoms with E-state index in [0.29, 0.717) is 5.82 Å². The van der Waals surface area contributed by atoms with E-state index < -0.39 is 0 Å². The van der Waals surface area contributed by atoms with Gasteiger partial charge in [0.25, 0.3) is 5.91 Å². The van der Waals surface area contributed by atoms with Crippen LogP contribution in [0.1, 0.15) is 37.7 Å². The number of hydrogen-bond acceptors (Lipinski definition) is 5. The first kappa shape index (κ1) is 15.9. The van der Waals surface area contributed by atoms with Gasteiger partial charge in [-0.3, -0.25) is 9.59 Å². The highest BCUT2D eigenvalue weighted by Gasteiger charge is 2.14. The van der Waals surface area contributed by atoms with Crippen molar-refractivity contribution < 1.29 is 9.59 Å². The van der Waals surface area contributed by atoms with Gasteiger partial charge < -0.3 is 16.0 Å². The molecule has 0 aliphatic rings. The van der Waals surface area contributed by atoms with Crippen molar-refractivity contribution in [2.45, 2.75) is 32.7 Å². The highest BCUT2D eigenvalue weighted by Crippen LogP contribution is 2.01. The average molecular weight is 279 g/mol. The molecule has 7 heteroatoms. The van der Waals surface area contributed by atoms with Crippen LogP contribution in [0.2, 0.25) is 0 Å². The number of hydrogen-bond donors (Lipinski definition) is 3. The predicted molar refractivity (Wildman–Crippen MR) is 76.4 cm³/mol. The number of aromatic nitrogens is 2. The molecule has 1 aromatic heterocycles. The van der Waals surface area contributed by atoms with E-state index in [9.17, 15) is 9.59 Å². The average Bonchev–Trinajstić information content (AvgIpc) is 2.36. The molecule has 0 unspecified atom stereocenters. The van der Waals surface area contributed by atoms with Crippen LogP contribution >= 0.6 is 0 Å². The summed E-state index contributed by atoms with van der Waals surface area (Å²) in [6.07, 6.45) is 0.227. The summed E-state index contributed by atoms with van der Waals surface area (Å²) < 4.78 is 0. The van der Waals surface area contributed by atoms with Gasteiger partial charge in [0.1, 0.15) is 5.82 Å². The molecule has 0 atom stereocenters. The third kappa shape index (κ3) is 5.64. The molecule has 1 aromatic rings. The minimum atomic E-state index is -0.344. The van der Waals surface area contributed by atoms with E-state index in [4.69, 9.17) is 0 Å². The molecule has 1 heterocycles. The standard InChI is InChI=1S/C13H21N5O2/c1-13(2,3)16-11(19)7-8-15-12(20)9-5-6-10(14-4)18-17-9/h5-6H,7-8H2,1-4H3,(H,14,18)(H,15,20)(H,16,19). The zero-order chi connectivity index (χ0) is 15.2. The Morgan fingerprint density at radius 2 is 1.90 bits per heavy atom. The Kier molecular flexibility index (Phi) is 5.42. The number of anilines is 1.